The summed E-state index contributed by atoms with van der Waals surface area (Å²) in [6.45, 7) is 1.85. The first-order valence-electron chi connectivity index (χ1n) is 7.66. The molecule has 4 atom stereocenters. The predicted molar refractivity (Wildman–Crippen MR) is 78.3 cm³/mol. The maximum absolute atomic E-state index is 11.9. The zero-order chi connectivity index (χ0) is 14.1. The normalized spacial score (nSPS) is 31.2. The highest BCUT2D eigenvalue weighted by atomic mass is 16.3. The fraction of sp³-hybridized carbons (Fsp3) is 0.588. The summed E-state index contributed by atoms with van der Waals surface area (Å²) in [6, 6.07) is 11.1. The molecule has 0 unspecified atom stereocenters. The lowest BCUT2D eigenvalue weighted by molar-refractivity contribution is -0.125. The van der Waals surface area contributed by atoms with Gasteiger partial charge in [-0.3, -0.25) is 9.69 Å². The van der Waals surface area contributed by atoms with Crippen molar-refractivity contribution in [2.75, 3.05) is 6.61 Å². The first-order chi connectivity index (χ1) is 9.72. The molecule has 2 aliphatic heterocycles. The molecular formula is C17H23NO2. The molecule has 2 heterocycles. The number of piperidine rings is 1. The molecule has 0 spiro atoms. The standard InChI is InChI=1S/C17H23NO2/c1-12(20)15-9-7-14-8-10-16(15)18(14)17(11-19)13-5-3-2-4-6-13/h2-6,14-17,19H,7-11H2,1H3/t14-,15+,16-,17-/m0/s1. The fourth-order valence-electron chi connectivity index (χ4n) is 4.21. The summed E-state index contributed by atoms with van der Waals surface area (Å²) >= 11 is 0. The molecule has 3 nitrogen and oxygen atoms in total. The average Bonchev–Trinajstić information content (AvgIpc) is 2.73. The Hall–Kier alpha value is -1.19. The molecular weight excluding hydrogens is 250 g/mol. The van der Waals surface area contributed by atoms with E-state index in [-0.39, 0.29) is 18.6 Å². The van der Waals surface area contributed by atoms with Gasteiger partial charge in [0.2, 0.25) is 0 Å². The number of nitrogens with zero attached hydrogens (tertiary/aromatic N) is 1. The zero-order valence-electron chi connectivity index (χ0n) is 12.0. The molecule has 108 valence electrons. The number of Topliss-reactive ketones (excluding diaryl/α,β-unsaturated/α-hetero) is 1. The number of aliphatic hydroxyl groups excluding tert-OH is 1. The van der Waals surface area contributed by atoms with E-state index >= 15 is 0 Å². The number of ketones is 1. The molecule has 0 aromatic heterocycles. The Kier molecular flexibility index (Phi) is 3.90. The van der Waals surface area contributed by atoms with Gasteiger partial charge in [-0.2, -0.15) is 0 Å². The van der Waals surface area contributed by atoms with Crippen molar-refractivity contribution in [2.45, 2.75) is 50.7 Å². The van der Waals surface area contributed by atoms with Crippen molar-refractivity contribution >= 4 is 5.78 Å². The second-order valence-corrected chi connectivity index (χ2v) is 6.15. The Morgan fingerprint density at radius 1 is 1.25 bits per heavy atom. The van der Waals surface area contributed by atoms with Crippen LogP contribution in [0.3, 0.4) is 0 Å². The van der Waals surface area contributed by atoms with Gasteiger partial charge in [0.1, 0.15) is 5.78 Å². The Morgan fingerprint density at radius 2 is 1.95 bits per heavy atom. The molecule has 2 saturated heterocycles. The Morgan fingerprint density at radius 3 is 2.60 bits per heavy atom. The average molecular weight is 273 g/mol. The van der Waals surface area contributed by atoms with Crippen molar-refractivity contribution in [3.05, 3.63) is 35.9 Å². The van der Waals surface area contributed by atoms with E-state index in [9.17, 15) is 9.90 Å². The first-order valence-corrected chi connectivity index (χ1v) is 7.66. The van der Waals surface area contributed by atoms with Crippen LogP contribution in [0.2, 0.25) is 0 Å². The lowest BCUT2D eigenvalue weighted by Crippen LogP contribution is -2.49. The van der Waals surface area contributed by atoms with Gasteiger partial charge in [0.25, 0.3) is 0 Å². The molecule has 3 rings (SSSR count). The highest BCUT2D eigenvalue weighted by Crippen LogP contribution is 2.44. The summed E-state index contributed by atoms with van der Waals surface area (Å²) in [7, 11) is 0. The summed E-state index contributed by atoms with van der Waals surface area (Å²) in [4.78, 5) is 14.3. The Labute approximate surface area is 120 Å². The monoisotopic (exact) mass is 273 g/mol. The van der Waals surface area contributed by atoms with Crippen LogP contribution in [0.15, 0.2) is 30.3 Å². The molecule has 0 amide bonds. The van der Waals surface area contributed by atoms with E-state index in [0.717, 1.165) is 31.2 Å². The summed E-state index contributed by atoms with van der Waals surface area (Å²) in [5, 5.41) is 9.89. The van der Waals surface area contributed by atoms with Crippen LogP contribution in [0.4, 0.5) is 0 Å². The van der Waals surface area contributed by atoms with Crippen molar-refractivity contribution in [3.8, 4) is 0 Å². The van der Waals surface area contributed by atoms with Gasteiger partial charge in [0.15, 0.2) is 0 Å². The quantitative estimate of drug-likeness (QED) is 0.916. The largest absolute Gasteiger partial charge is 0.394 e. The van der Waals surface area contributed by atoms with Gasteiger partial charge in [0.05, 0.1) is 12.6 Å². The van der Waals surface area contributed by atoms with E-state index in [2.05, 4.69) is 17.0 Å². The van der Waals surface area contributed by atoms with E-state index in [4.69, 9.17) is 0 Å². The summed E-state index contributed by atoms with van der Waals surface area (Å²) in [5.74, 6) is 0.469. The van der Waals surface area contributed by atoms with Crippen LogP contribution in [-0.2, 0) is 4.79 Å². The molecule has 3 heteroatoms. The number of benzene rings is 1. The molecule has 2 fully saturated rings. The number of rotatable bonds is 4. The van der Waals surface area contributed by atoms with Gasteiger partial charge in [-0.05, 0) is 38.2 Å². The minimum Gasteiger partial charge on any atom is -0.394 e. The summed E-state index contributed by atoms with van der Waals surface area (Å²) in [5.41, 5.74) is 1.16. The number of carbonyl (C=O) groups is 1. The molecule has 1 aromatic rings. The van der Waals surface area contributed by atoms with Crippen LogP contribution in [0, 0.1) is 5.92 Å². The van der Waals surface area contributed by atoms with Crippen LogP contribution in [0.1, 0.15) is 44.2 Å². The molecule has 0 aliphatic carbocycles. The highest BCUT2D eigenvalue weighted by Gasteiger charge is 2.46. The Bertz CT molecular complexity index is 473. The number of hydrogen-bond donors (Lipinski definition) is 1. The van der Waals surface area contributed by atoms with Crippen molar-refractivity contribution in [2.24, 2.45) is 5.92 Å². The summed E-state index contributed by atoms with van der Waals surface area (Å²) < 4.78 is 0. The molecule has 0 radical (unpaired) electrons. The smallest absolute Gasteiger partial charge is 0.134 e. The van der Waals surface area contributed by atoms with Gasteiger partial charge < -0.3 is 5.11 Å². The lowest BCUT2D eigenvalue weighted by Gasteiger charge is -2.43. The van der Waals surface area contributed by atoms with E-state index in [1.807, 2.05) is 18.2 Å². The molecule has 1 aromatic carbocycles. The maximum atomic E-state index is 11.9. The molecule has 0 saturated carbocycles. The van der Waals surface area contributed by atoms with Crippen molar-refractivity contribution in [1.29, 1.82) is 0 Å². The van der Waals surface area contributed by atoms with E-state index < -0.39 is 0 Å². The maximum Gasteiger partial charge on any atom is 0.134 e. The first kappa shape index (κ1) is 13.8. The molecule has 1 N–H and O–H groups in total. The minimum atomic E-state index is 0.0378. The number of carbonyl (C=O) groups excluding carboxylic acids is 1. The van der Waals surface area contributed by atoms with Crippen molar-refractivity contribution in [3.63, 3.8) is 0 Å². The van der Waals surface area contributed by atoms with E-state index in [1.165, 1.54) is 0 Å². The van der Waals surface area contributed by atoms with Crippen LogP contribution in [0.25, 0.3) is 0 Å². The van der Waals surface area contributed by atoms with Gasteiger partial charge in [-0.1, -0.05) is 30.3 Å². The van der Waals surface area contributed by atoms with E-state index in [0.29, 0.717) is 17.9 Å². The Balaban J connectivity index is 1.89. The van der Waals surface area contributed by atoms with Crippen molar-refractivity contribution < 1.29 is 9.90 Å². The van der Waals surface area contributed by atoms with Crippen LogP contribution in [0.5, 0.6) is 0 Å². The van der Waals surface area contributed by atoms with Gasteiger partial charge >= 0.3 is 0 Å². The zero-order valence-corrected chi connectivity index (χ0v) is 12.0. The van der Waals surface area contributed by atoms with Gasteiger partial charge in [-0.25, -0.2) is 0 Å². The number of hydrogen-bond acceptors (Lipinski definition) is 3. The van der Waals surface area contributed by atoms with Crippen LogP contribution in [-0.4, -0.2) is 34.5 Å². The van der Waals surface area contributed by atoms with Crippen LogP contribution >= 0.6 is 0 Å². The minimum absolute atomic E-state index is 0.0378. The van der Waals surface area contributed by atoms with Gasteiger partial charge in [0, 0.05) is 18.0 Å². The third kappa shape index (κ3) is 2.29. The predicted octanol–water partition coefficient (Wildman–Crippen LogP) is 2.55. The van der Waals surface area contributed by atoms with Crippen LogP contribution < -0.4 is 0 Å². The number of fused-ring (bicyclic) bond motifs is 2. The topological polar surface area (TPSA) is 40.5 Å². The fourth-order valence-corrected chi connectivity index (χ4v) is 4.21. The second-order valence-electron chi connectivity index (χ2n) is 6.15. The van der Waals surface area contributed by atoms with E-state index in [1.54, 1.807) is 6.92 Å². The second kappa shape index (κ2) is 5.66. The third-order valence-corrected chi connectivity index (χ3v) is 5.11. The van der Waals surface area contributed by atoms with Gasteiger partial charge in [-0.15, -0.1) is 0 Å². The number of aliphatic hydroxyl groups is 1. The highest BCUT2D eigenvalue weighted by molar-refractivity contribution is 5.79. The third-order valence-electron chi connectivity index (χ3n) is 5.11. The molecule has 20 heavy (non-hydrogen) atoms. The molecule has 2 aliphatic rings. The summed E-state index contributed by atoms with van der Waals surface area (Å²) in [6.07, 6.45) is 4.37. The molecule has 2 bridgehead atoms. The van der Waals surface area contributed by atoms with Crippen molar-refractivity contribution in [1.82, 2.24) is 4.90 Å². The SMILES string of the molecule is CC(=O)[C@H]1CC[C@H]2CC[C@@H]1N2[C@@H](CO)c1ccccc1. The lowest BCUT2D eigenvalue weighted by atomic mass is 9.85.